The van der Waals surface area contributed by atoms with Crippen molar-refractivity contribution in [2.24, 2.45) is 5.84 Å². The monoisotopic (exact) mass is 208 g/mol. The van der Waals surface area contributed by atoms with Crippen molar-refractivity contribution in [1.29, 1.82) is 0 Å². The van der Waals surface area contributed by atoms with Crippen molar-refractivity contribution in [1.82, 2.24) is 0 Å². The second kappa shape index (κ2) is 6.03. The van der Waals surface area contributed by atoms with Gasteiger partial charge in [0.2, 0.25) is 0 Å². The van der Waals surface area contributed by atoms with Gasteiger partial charge in [-0.15, -0.1) is 0 Å². The fourth-order valence-electron chi connectivity index (χ4n) is 1.10. The molecule has 1 rings (SSSR count). The third-order valence-electron chi connectivity index (χ3n) is 2.02. The van der Waals surface area contributed by atoms with Gasteiger partial charge < -0.3 is 10.2 Å². The Morgan fingerprint density at radius 2 is 2.07 bits per heavy atom. The number of ether oxygens (including phenoxy) is 1. The third-order valence-corrected chi connectivity index (χ3v) is 2.02. The molecule has 0 bridgehead atoms. The van der Waals surface area contributed by atoms with E-state index in [-0.39, 0.29) is 5.97 Å². The summed E-state index contributed by atoms with van der Waals surface area (Å²) in [4.78, 5) is 11.4. The van der Waals surface area contributed by atoms with Crippen LogP contribution < -0.4 is 11.3 Å². The molecular weight excluding hydrogens is 192 g/mol. The van der Waals surface area contributed by atoms with E-state index in [0.29, 0.717) is 12.2 Å². The number of esters is 1. The van der Waals surface area contributed by atoms with Crippen LogP contribution in [0.1, 0.15) is 30.1 Å². The number of nitrogens with two attached hydrogens (primary N) is 1. The molecule has 0 heterocycles. The maximum absolute atomic E-state index is 11.4. The minimum Gasteiger partial charge on any atom is -0.462 e. The van der Waals surface area contributed by atoms with E-state index in [1.165, 1.54) is 0 Å². The molecule has 0 saturated heterocycles. The molecule has 4 heteroatoms. The van der Waals surface area contributed by atoms with Crippen molar-refractivity contribution in [2.45, 2.75) is 19.8 Å². The van der Waals surface area contributed by atoms with Crippen LogP contribution >= 0.6 is 0 Å². The van der Waals surface area contributed by atoms with Crippen LogP contribution in [0.5, 0.6) is 0 Å². The molecule has 0 aliphatic rings. The van der Waals surface area contributed by atoms with Crippen LogP contribution in [-0.4, -0.2) is 12.6 Å². The fraction of sp³-hybridized carbons (Fsp3) is 0.364. The van der Waals surface area contributed by atoms with Crippen LogP contribution in [-0.2, 0) is 4.74 Å². The Labute approximate surface area is 89.4 Å². The van der Waals surface area contributed by atoms with Gasteiger partial charge in [0.1, 0.15) is 0 Å². The van der Waals surface area contributed by atoms with Gasteiger partial charge in [-0.3, -0.25) is 5.84 Å². The molecule has 0 amide bonds. The highest BCUT2D eigenvalue weighted by Gasteiger charge is 2.05. The smallest absolute Gasteiger partial charge is 0.338 e. The molecule has 15 heavy (non-hydrogen) atoms. The second-order valence-corrected chi connectivity index (χ2v) is 3.21. The minimum absolute atomic E-state index is 0.285. The normalized spacial score (nSPS) is 9.73. The van der Waals surface area contributed by atoms with Gasteiger partial charge in [-0.05, 0) is 30.7 Å². The van der Waals surface area contributed by atoms with Crippen molar-refractivity contribution >= 4 is 11.7 Å². The first-order chi connectivity index (χ1) is 7.27. The minimum atomic E-state index is -0.285. The molecule has 3 N–H and O–H groups in total. The molecule has 1 aromatic rings. The molecule has 0 aromatic heterocycles. The average Bonchev–Trinajstić information content (AvgIpc) is 2.29. The summed E-state index contributed by atoms with van der Waals surface area (Å²) in [5.74, 6) is 4.92. The van der Waals surface area contributed by atoms with Crippen LogP contribution in [0.2, 0.25) is 0 Å². The molecule has 0 saturated carbocycles. The number of nitrogen functional groups attached to an aromatic ring is 1. The van der Waals surface area contributed by atoms with Crippen molar-refractivity contribution in [3.05, 3.63) is 29.8 Å². The number of hydrazine groups is 1. The molecular formula is C11H16N2O2. The SMILES string of the molecule is CCCCOC(=O)c1ccc(NN)cc1. The van der Waals surface area contributed by atoms with E-state index in [1.54, 1.807) is 24.3 Å². The van der Waals surface area contributed by atoms with E-state index in [9.17, 15) is 4.79 Å². The van der Waals surface area contributed by atoms with Crippen molar-refractivity contribution < 1.29 is 9.53 Å². The number of carbonyl (C=O) groups is 1. The Bertz CT molecular complexity index is 309. The van der Waals surface area contributed by atoms with Crippen molar-refractivity contribution in [2.75, 3.05) is 12.0 Å². The molecule has 0 atom stereocenters. The lowest BCUT2D eigenvalue weighted by atomic mass is 10.2. The van der Waals surface area contributed by atoms with Crippen LogP contribution in [0, 0.1) is 0 Å². The maximum atomic E-state index is 11.4. The van der Waals surface area contributed by atoms with Crippen LogP contribution in [0.15, 0.2) is 24.3 Å². The van der Waals surface area contributed by atoms with Gasteiger partial charge in [0, 0.05) is 5.69 Å². The number of nitrogens with one attached hydrogen (secondary N) is 1. The Kier molecular flexibility index (Phi) is 4.63. The van der Waals surface area contributed by atoms with Gasteiger partial charge in [-0.1, -0.05) is 13.3 Å². The van der Waals surface area contributed by atoms with Gasteiger partial charge in [0.15, 0.2) is 0 Å². The number of benzene rings is 1. The Morgan fingerprint density at radius 1 is 1.40 bits per heavy atom. The summed E-state index contributed by atoms with van der Waals surface area (Å²) in [5.41, 5.74) is 3.80. The number of hydrogen-bond acceptors (Lipinski definition) is 4. The molecule has 0 unspecified atom stereocenters. The van der Waals surface area contributed by atoms with Gasteiger partial charge >= 0.3 is 5.97 Å². The van der Waals surface area contributed by atoms with Crippen LogP contribution in [0.4, 0.5) is 5.69 Å². The summed E-state index contributed by atoms with van der Waals surface area (Å²) in [6.45, 7) is 2.53. The maximum Gasteiger partial charge on any atom is 0.338 e. The number of rotatable bonds is 5. The fourth-order valence-corrected chi connectivity index (χ4v) is 1.10. The van der Waals surface area contributed by atoms with Gasteiger partial charge in [0.05, 0.1) is 12.2 Å². The number of anilines is 1. The highest BCUT2D eigenvalue weighted by atomic mass is 16.5. The summed E-state index contributed by atoms with van der Waals surface area (Å²) in [5, 5.41) is 0. The first-order valence-corrected chi connectivity index (χ1v) is 5.01. The summed E-state index contributed by atoms with van der Waals surface area (Å²) >= 11 is 0. The zero-order valence-electron chi connectivity index (χ0n) is 8.82. The van der Waals surface area contributed by atoms with Crippen molar-refractivity contribution in [3.8, 4) is 0 Å². The first kappa shape index (κ1) is 11.5. The Balaban J connectivity index is 2.50. The summed E-state index contributed by atoms with van der Waals surface area (Å²) in [7, 11) is 0. The quantitative estimate of drug-likeness (QED) is 0.336. The highest BCUT2D eigenvalue weighted by Crippen LogP contribution is 2.09. The Hall–Kier alpha value is -1.55. The predicted molar refractivity (Wildman–Crippen MR) is 59.4 cm³/mol. The van der Waals surface area contributed by atoms with Crippen LogP contribution in [0.25, 0.3) is 0 Å². The molecule has 82 valence electrons. The molecule has 1 aromatic carbocycles. The third kappa shape index (κ3) is 3.59. The number of carbonyl (C=O) groups excluding carboxylic acids is 1. The first-order valence-electron chi connectivity index (χ1n) is 5.01. The lowest BCUT2D eigenvalue weighted by Crippen LogP contribution is -2.08. The zero-order valence-corrected chi connectivity index (χ0v) is 8.82. The zero-order chi connectivity index (χ0) is 11.1. The molecule has 0 aliphatic carbocycles. The summed E-state index contributed by atoms with van der Waals surface area (Å²) < 4.78 is 5.05. The molecule has 0 radical (unpaired) electrons. The van der Waals surface area contributed by atoms with E-state index >= 15 is 0 Å². The van der Waals surface area contributed by atoms with Crippen LogP contribution in [0.3, 0.4) is 0 Å². The molecule has 4 nitrogen and oxygen atoms in total. The van der Waals surface area contributed by atoms with Crippen molar-refractivity contribution in [3.63, 3.8) is 0 Å². The molecule has 0 aliphatic heterocycles. The van der Waals surface area contributed by atoms with E-state index < -0.39 is 0 Å². The molecule has 0 spiro atoms. The average molecular weight is 208 g/mol. The highest BCUT2D eigenvalue weighted by molar-refractivity contribution is 5.89. The van der Waals surface area contributed by atoms with Gasteiger partial charge in [-0.25, -0.2) is 4.79 Å². The largest absolute Gasteiger partial charge is 0.462 e. The predicted octanol–water partition coefficient (Wildman–Crippen LogP) is 1.93. The molecule has 0 fully saturated rings. The number of unbranched alkanes of at least 4 members (excludes halogenated alkanes) is 1. The lowest BCUT2D eigenvalue weighted by molar-refractivity contribution is 0.0500. The second-order valence-electron chi connectivity index (χ2n) is 3.21. The topological polar surface area (TPSA) is 64.3 Å². The Morgan fingerprint density at radius 3 is 2.60 bits per heavy atom. The van der Waals surface area contributed by atoms with E-state index in [1.807, 2.05) is 0 Å². The summed E-state index contributed by atoms with van der Waals surface area (Å²) in [6.07, 6.45) is 1.91. The van der Waals surface area contributed by atoms with E-state index in [2.05, 4.69) is 12.3 Å². The van der Waals surface area contributed by atoms with Gasteiger partial charge in [0.25, 0.3) is 0 Å². The van der Waals surface area contributed by atoms with E-state index in [0.717, 1.165) is 18.5 Å². The van der Waals surface area contributed by atoms with Gasteiger partial charge in [-0.2, -0.15) is 0 Å². The van der Waals surface area contributed by atoms with E-state index in [4.69, 9.17) is 10.6 Å². The summed E-state index contributed by atoms with van der Waals surface area (Å²) in [6, 6.07) is 6.83. The standard InChI is InChI=1S/C11H16N2O2/c1-2-3-8-15-11(14)9-4-6-10(13-12)7-5-9/h4-7,13H,2-3,8,12H2,1H3. The lowest BCUT2D eigenvalue weighted by Gasteiger charge is -2.04. The number of hydrogen-bond donors (Lipinski definition) is 2.